The van der Waals surface area contributed by atoms with E-state index in [1.54, 1.807) is 6.20 Å². The zero-order chi connectivity index (χ0) is 14.1. The molecule has 20 heavy (non-hydrogen) atoms. The summed E-state index contributed by atoms with van der Waals surface area (Å²) in [5, 5.41) is 1.03. The molecule has 0 saturated heterocycles. The number of rotatable bonds is 2. The highest BCUT2D eigenvalue weighted by atomic mass is 16.5. The molecule has 0 saturated carbocycles. The summed E-state index contributed by atoms with van der Waals surface area (Å²) in [6.07, 6.45) is 1.78. The first-order valence-electron chi connectivity index (χ1n) is 6.53. The fourth-order valence-electron chi connectivity index (χ4n) is 2.34. The minimum atomic E-state index is 0.726. The monoisotopic (exact) mass is 264 g/mol. The minimum Gasteiger partial charge on any atom is -0.457 e. The van der Waals surface area contributed by atoms with Crippen molar-refractivity contribution in [2.75, 3.05) is 5.73 Å². The Labute approximate surface area is 118 Å². The number of benzene rings is 2. The second kappa shape index (κ2) is 4.85. The SMILES string of the molecule is Cc1cc(C)c2nccc(Oc3ccc(N)cc3)c2c1. The molecule has 0 bridgehead atoms. The van der Waals surface area contributed by atoms with Crippen LogP contribution in [0.5, 0.6) is 11.5 Å². The number of hydrogen-bond acceptors (Lipinski definition) is 3. The first-order valence-corrected chi connectivity index (χ1v) is 6.53. The van der Waals surface area contributed by atoms with Gasteiger partial charge in [-0.05, 0) is 61.4 Å². The molecule has 2 aromatic carbocycles. The highest BCUT2D eigenvalue weighted by molar-refractivity contribution is 5.88. The van der Waals surface area contributed by atoms with Gasteiger partial charge in [0.1, 0.15) is 11.5 Å². The predicted molar refractivity (Wildman–Crippen MR) is 82.1 cm³/mol. The Hall–Kier alpha value is -2.55. The molecule has 1 heterocycles. The fourth-order valence-corrected chi connectivity index (χ4v) is 2.34. The number of nitrogen functional groups attached to an aromatic ring is 1. The third-order valence-electron chi connectivity index (χ3n) is 3.25. The number of anilines is 1. The Morgan fingerprint density at radius 2 is 1.75 bits per heavy atom. The van der Waals surface area contributed by atoms with Gasteiger partial charge >= 0.3 is 0 Å². The van der Waals surface area contributed by atoms with E-state index < -0.39 is 0 Å². The van der Waals surface area contributed by atoms with Crippen molar-refractivity contribution in [3.63, 3.8) is 0 Å². The van der Waals surface area contributed by atoms with Gasteiger partial charge in [-0.2, -0.15) is 0 Å². The average Bonchev–Trinajstić information content (AvgIpc) is 2.42. The van der Waals surface area contributed by atoms with Crippen molar-refractivity contribution in [1.82, 2.24) is 4.98 Å². The van der Waals surface area contributed by atoms with Crippen molar-refractivity contribution in [2.45, 2.75) is 13.8 Å². The highest BCUT2D eigenvalue weighted by Gasteiger charge is 2.07. The maximum Gasteiger partial charge on any atom is 0.138 e. The first-order chi connectivity index (χ1) is 9.63. The maximum absolute atomic E-state index is 5.96. The quantitative estimate of drug-likeness (QED) is 0.705. The number of aromatic nitrogens is 1. The molecule has 0 aliphatic rings. The van der Waals surface area contributed by atoms with Gasteiger partial charge in [-0.15, -0.1) is 0 Å². The van der Waals surface area contributed by atoms with E-state index in [0.717, 1.165) is 33.7 Å². The van der Waals surface area contributed by atoms with E-state index in [1.807, 2.05) is 30.3 Å². The molecule has 0 atom stereocenters. The Bertz CT molecular complexity index is 764. The molecular formula is C17H16N2O. The predicted octanol–water partition coefficient (Wildman–Crippen LogP) is 4.23. The number of fused-ring (bicyclic) bond motifs is 1. The molecule has 0 spiro atoms. The summed E-state index contributed by atoms with van der Waals surface area (Å²) in [6.45, 7) is 4.14. The summed E-state index contributed by atoms with van der Waals surface area (Å²) < 4.78 is 5.96. The van der Waals surface area contributed by atoms with Crippen LogP contribution in [0.15, 0.2) is 48.7 Å². The van der Waals surface area contributed by atoms with Crippen LogP contribution in [-0.4, -0.2) is 4.98 Å². The zero-order valence-electron chi connectivity index (χ0n) is 11.6. The summed E-state index contributed by atoms with van der Waals surface area (Å²) in [4.78, 5) is 4.44. The second-order valence-electron chi connectivity index (χ2n) is 4.96. The molecule has 0 radical (unpaired) electrons. The van der Waals surface area contributed by atoms with Crippen LogP contribution < -0.4 is 10.5 Å². The molecular weight excluding hydrogens is 248 g/mol. The van der Waals surface area contributed by atoms with Gasteiger partial charge in [0.15, 0.2) is 0 Å². The highest BCUT2D eigenvalue weighted by Crippen LogP contribution is 2.31. The first kappa shape index (κ1) is 12.5. The number of hydrogen-bond donors (Lipinski definition) is 1. The Balaban J connectivity index is 2.09. The third-order valence-corrected chi connectivity index (χ3v) is 3.25. The number of aryl methyl sites for hydroxylation is 2. The normalized spacial score (nSPS) is 10.7. The number of nitrogens with two attached hydrogens (primary N) is 1. The van der Waals surface area contributed by atoms with Gasteiger partial charge in [0.2, 0.25) is 0 Å². The molecule has 3 nitrogen and oxygen atoms in total. The van der Waals surface area contributed by atoms with Crippen LogP contribution in [0.2, 0.25) is 0 Å². The van der Waals surface area contributed by atoms with Crippen molar-refractivity contribution in [2.24, 2.45) is 0 Å². The molecule has 3 aromatic rings. The summed E-state index contributed by atoms with van der Waals surface area (Å²) in [5.74, 6) is 1.58. The van der Waals surface area contributed by atoms with Gasteiger partial charge in [0.05, 0.1) is 5.52 Å². The summed E-state index contributed by atoms with van der Waals surface area (Å²) in [5.41, 5.74) is 9.74. The van der Waals surface area contributed by atoms with E-state index >= 15 is 0 Å². The Morgan fingerprint density at radius 1 is 1.00 bits per heavy atom. The molecule has 100 valence electrons. The topological polar surface area (TPSA) is 48.1 Å². The molecule has 3 heteroatoms. The van der Waals surface area contributed by atoms with Gasteiger partial charge in [-0.25, -0.2) is 0 Å². The van der Waals surface area contributed by atoms with Crippen molar-refractivity contribution in [3.05, 3.63) is 59.8 Å². The third kappa shape index (κ3) is 2.30. The average molecular weight is 264 g/mol. The maximum atomic E-state index is 5.96. The second-order valence-corrected chi connectivity index (χ2v) is 4.96. The summed E-state index contributed by atoms with van der Waals surface area (Å²) >= 11 is 0. The van der Waals surface area contributed by atoms with Crippen LogP contribution in [0.3, 0.4) is 0 Å². The van der Waals surface area contributed by atoms with E-state index in [4.69, 9.17) is 10.5 Å². The van der Waals surface area contributed by atoms with Crippen molar-refractivity contribution < 1.29 is 4.74 Å². The standard InChI is InChI=1S/C17H16N2O/c1-11-9-12(2)17-15(10-11)16(7-8-19-17)20-14-5-3-13(18)4-6-14/h3-10H,18H2,1-2H3. The van der Waals surface area contributed by atoms with Gasteiger partial charge in [0, 0.05) is 17.3 Å². The van der Waals surface area contributed by atoms with Gasteiger partial charge < -0.3 is 10.5 Å². The Morgan fingerprint density at radius 3 is 2.50 bits per heavy atom. The lowest BCUT2D eigenvalue weighted by atomic mass is 10.1. The van der Waals surface area contributed by atoms with E-state index in [2.05, 4.69) is 31.0 Å². The van der Waals surface area contributed by atoms with Crippen LogP contribution in [0, 0.1) is 13.8 Å². The van der Waals surface area contributed by atoms with Gasteiger partial charge in [-0.1, -0.05) is 6.07 Å². The molecule has 1 aromatic heterocycles. The van der Waals surface area contributed by atoms with Crippen molar-refractivity contribution in [1.29, 1.82) is 0 Å². The van der Waals surface area contributed by atoms with Crippen LogP contribution >= 0.6 is 0 Å². The zero-order valence-corrected chi connectivity index (χ0v) is 11.6. The van der Waals surface area contributed by atoms with Crippen LogP contribution in [-0.2, 0) is 0 Å². The summed E-state index contributed by atoms with van der Waals surface area (Å²) in [6, 6.07) is 13.5. The van der Waals surface area contributed by atoms with Crippen molar-refractivity contribution in [3.8, 4) is 11.5 Å². The van der Waals surface area contributed by atoms with E-state index in [1.165, 1.54) is 5.56 Å². The van der Waals surface area contributed by atoms with Crippen molar-refractivity contribution >= 4 is 16.6 Å². The summed E-state index contributed by atoms with van der Waals surface area (Å²) in [7, 11) is 0. The minimum absolute atomic E-state index is 0.726. The van der Waals surface area contributed by atoms with Crippen LogP contribution in [0.1, 0.15) is 11.1 Å². The molecule has 0 amide bonds. The lowest BCUT2D eigenvalue weighted by Gasteiger charge is -2.10. The lowest BCUT2D eigenvalue weighted by Crippen LogP contribution is -1.91. The molecule has 2 N–H and O–H groups in total. The largest absolute Gasteiger partial charge is 0.457 e. The number of nitrogens with zero attached hydrogens (tertiary/aromatic N) is 1. The number of pyridine rings is 1. The molecule has 0 aliphatic heterocycles. The van der Waals surface area contributed by atoms with Crippen LogP contribution in [0.4, 0.5) is 5.69 Å². The van der Waals surface area contributed by atoms with Gasteiger partial charge in [0.25, 0.3) is 0 Å². The lowest BCUT2D eigenvalue weighted by molar-refractivity contribution is 0.488. The smallest absolute Gasteiger partial charge is 0.138 e. The molecule has 0 aliphatic carbocycles. The molecule has 0 unspecified atom stereocenters. The van der Waals surface area contributed by atoms with E-state index in [0.29, 0.717) is 0 Å². The van der Waals surface area contributed by atoms with E-state index in [-0.39, 0.29) is 0 Å². The fraction of sp³-hybridized carbons (Fsp3) is 0.118. The van der Waals surface area contributed by atoms with Gasteiger partial charge in [-0.3, -0.25) is 4.98 Å². The van der Waals surface area contributed by atoms with Crippen LogP contribution in [0.25, 0.3) is 10.9 Å². The molecule has 3 rings (SSSR count). The Kier molecular flexibility index (Phi) is 3.03. The number of ether oxygens (including phenoxy) is 1. The van der Waals surface area contributed by atoms with E-state index in [9.17, 15) is 0 Å². The molecule has 0 fully saturated rings.